The maximum Gasteiger partial charge on any atom is 0.241 e. The Kier molecular flexibility index (Phi) is 5.47. The maximum absolute atomic E-state index is 12.8. The number of carbonyl (C=O) groups excluding carboxylic acids is 1. The molecule has 0 aliphatic heterocycles. The summed E-state index contributed by atoms with van der Waals surface area (Å²) in [4.78, 5) is 11.2. The van der Waals surface area contributed by atoms with Gasteiger partial charge in [0.15, 0.2) is 0 Å². The van der Waals surface area contributed by atoms with Crippen molar-refractivity contribution in [3.05, 3.63) is 22.8 Å². The van der Waals surface area contributed by atoms with E-state index in [-0.39, 0.29) is 12.0 Å². The minimum Gasteiger partial charge on any atom is -0.496 e. The Morgan fingerprint density at radius 2 is 1.74 bits per heavy atom. The van der Waals surface area contributed by atoms with Crippen LogP contribution in [0.25, 0.3) is 0 Å². The number of nitrogens with one attached hydrogen (secondary N) is 1. The van der Waals surface area contributed by atoms with Gasteiger partial charge < -0.3 is 9.53 Å². The molecule has 2 rings (SSSR count). The van der Waals surface area contributed by atoms with Crippen LogP contribution in [0.4, 0.5) is 0 Å². The number of hydrogen-bond donors (Lipinski definition) is 1. The highest BCUT2D eigenvalue weighted by Gasteiger charge is 2.28. The van der Waals surface area contributed by atoms with Gasteiger partial charge in [0.05, 0.1) is 12.0 Å². The van der Waals surface area contributed by atoms with Crippen molar-refractivity contribution in [3.8, 4) is 5.75 Å². The number of aldehydes is 1. The van der Waals surface area contributed by atoms with Crippen molar-refractivity contribution in [2.75, 3.05) is 7.11 Å². The minimum atomic E-state index is -3.59. The van der Waals surface area contributed by atoms with E-state index >= 15 is 0 Å². The topological polar surface area (TPSA) is 72.5 Å². The van der Waals surface area contributed by atoms with Crippen LogP contribution in [0.5, 0.6) is 5.75 Å². The smallest absolute Gasteiger partial charge is 0.241 e. The molecule has 1 aromatic rings. The van der Waals surface area contributed by atoms with Gasteiger partial charge in [-0.15, -0.1) is 0 Å². The Morgan fingerprint density at radius 3 is 2.26 bits per heavy atom. The molecular formula is C17H25NO4S. The zero-order valence-electron chi connectivity index (χ0n) is 14.2. The van der Waals surface area contributed by atoms with E-state index in [1.54, 1.807) is 20.1 Å². The van der Waals surface area contributed by atoms with Crippen LogP contribution < -0.4 is 9.46 Å². The molecule has 23 heavy (non-hydrogen) atoms. The van der Waals surface area contributed by atoms with Crippen LogP contribution >= 0.6 is 0 Å². The van der Waals surface area contributed by atoms with E-state index in [0.29, 0.717) is 29.1 Å². The highest BCUT2D eigenvalue weighted by Crippen LogP contribution is 2.31. The van der Waals surface area contributed by atoms with E-state index in [2.05, 4.69) is 4.72 Å². The summed E-state index contributed by atoms with van der Waals surface area (Å²) in [5.74, 6) is 0.771. The Bertz CT molecular complexity index is 689. The molecule has 1 aliphatic rings. The second kappa shape index (κ2) is 7.01. The van der Waals surface area contributed by atoms with E-state index in [0.717, 1.165) is 30.3 Å². The molecule has 1 saturated carbocycles. The van der Waals surface area contributed by atoms with Gasteiger partial charge in [0, 0.05) is 12.0 Å². The van der Waals surface area contributed by atoms with Gasteiger partial charge in [-0.05, 0) is 69.2 Å². The molecule has 0 amide bonds. The molecular weight excluding hydrogens is 314 g/mol. The van der Waals surface area contributed by atoms with Crippen molar-refractivity contribution in [1.82, 2.24) is 4.72 Å². The van der Waals surface area contributed by atoms with E-state index in [4.69, 9.17) is 4.74 Å². The van der Waals surface area contributed by atoms with Crippen LogP contribution in [0.1, 0.15) is 42.4 Å². The molecule has 128 valence electrons. The van der Waals surface area contributed by atoms with E-state index < -0.39 is 10.0 Å². The standard InChI is InChI=1S/C17H25NO4S/c1-11-9-16(22-4)12(2)13(3)17(11)23(20,21)18-15-7-5-14(10-19)6-8-15/h9-10,14-15,18H,5-8H2,1-4H3. The molecule has 0 unspecified atom stereocenters. The number of methoxy groups -OCH3 is 1. The quantitative estimate of drug-likeness (QED) is 0.837. The largest absolute Gasteiger partial charge is 0.496 e. The zero-order valence-corrected chi connectivity index (χ0v) is 15.0. The molecule has 0 saturated heterocycles. The van der Waals surface area contributed by atoms with Crippen molar-refractivity contribution >= 4 is 16.3 Å². The maximum atomic E-state index is 12.8. The van der Waals surface area contributed by atoms with Crippen molar-refractivity contribution in [1.29, 1.82) is 0 Å². The lowest BCUT2D eigenvalue weighted by atomic mass is 9.87. The summed E-state index contributed by atoms with van der Waals surface area (Å²) in [7, 11) is -2.00. The van der Waals surface area contributed by atoms with Crippen molar-refractivity contribution in [2.45, 2.75) is 57.4 Å². The minimum absolute atomic E-state index is 0.0717. The summed E-state index contributed by atoms with van der Waals surface area (Å²) in [6, 6.07) is 1.66. The van der Waals surface area contributed by atoms with E-state index in [1.807, 2.05) is 13.8 Å². The first-order valence-corrected chi connectivity index (χ1v) is 9.41. The summed E-state index contributed by atoms with van der Waals surface area (Å²) >= 11 is 0. The summed E-state index contributed by atoms with van der Waals surface area (Å²) in [5, 5.41) is 0. The summed E-state index contributed by atoms with van der Waals surface area (Å²) < 4.78 is 33.8. The fourth-order valence-corrected chi connectivity index (χ4v) is 5.13. The molecule has 0 aromatic heterocycles. The molecule has 5 nitrogen and oxygen atoms in total. The molecule has 6 heteroatoms. The predicted octanol–water partition coefficient (Wildman–Crippen LogP) is 2.66. The van der Waals surface area contributed by atoms with Crippen LogP contribution in [0.2, 0.25) is 0 Å². The predicted molar refractivity (Wildman–Crippen MR) is 89.3 cm³/mol. The molecule has 0 bridgehead atoms. The van der Waals surface area contributed by atoms with Gasteiger partial charge in [0.25, 0.3) is 0 Å². The van der Waals surface area contributed by atoms with Gasteiger partial charge in [0.1, 0.15) is 12.0 Å². The van der Waals surface area contributed by atoms with Crippen LogP contribution in [0.3, 0.4) is 0 Å². The lowest BCUT2D eigenvalue weighted by Crippen LogP contribution is -2.38. The number of carbonyl (C=O) groups is 1. The summed E-state index contributed by atoms with van der Waals surface area (Å²) in [6.45, 7) is 5.46. The first-order chi connectivity index (χ1) is 10.8. The second-order valence-corrected chi connectivity index (χ2v) is 7.99. The third-order valence-corrected chi connectivity index (χ3v) is 6.56. The van der Waals surface area contributed by atoms with Crippen LogP contribution in [0.15, 0.2) is 11.0 Å². The number of rotatable bonds is 5. The number of sulfonamides is 1. The van der Waals surface area contributed by atoms with Crippen molar-refractivity contribution in [2.24, 2.45) is 5.92 Å². The van der Waals surface area contributed by atoms with E-state index in [1.165, 1.54) is 0 Å². The van der Waals surface area contributed by atoms with Crippen LogP contribution in [-0.4, -0.2) is 27.9 Å². The first-order valence-electron chi connectivity index (χ1n) is 7.92. The lowest BCUT2D eigenvalue weighted by molar-refractivity contribution is -0.111. The molecule has 1 aromatic carbocycles. The molecule has 0 heterocycles. The number of benzene rings is 1. The Labute approximate surface area is 138 Å². The molecule has 1 N–H and O–H groups in total. The normalized spacial score (nSPS) is 21.9. The Balaban J connectivity index is 2.27. The van der Waals surface area contributed by atoms with Gasteiger partial charge in [-0.3, -0.25) is 0 Å². The average Bonchev–Trinajstić information content (AvgIpc) is 2.51. The van der Waals surface area contributed by atoms with Crippen molar-refractivity contribution < 1.29 is 17.9 Å². The number of ether oxygens (including phenoxy) is 1. The zero-order chi connectivity index (χ0) is 17.2. The van der Waals surface area contributed by atoms with Gasteiger partial charge in [-0.2, -0.15) is 0 Å². The molecule has 0 radical (unpaired) electrons. The summed E-state index contributed by atoms with van der Waals surface area (Å²) in [5.41, 5.74) is 2.23. The van der Waals surface area contributed by atoms with Gasteiger partial charge >= 0.3 is 0 Å². The average molecular weight is 339 g/mol. The monoisotopic (exact) mass is 339 g/mol. The fraction of sp³-hybridized carbons (Fsp3) is 0.588. The Morgan fingerprint density at radius 1 is 1.13 bits per heavy atom. The molecule has 1 aliphatic carbocycles. The number of aryl methyl sites for hydroxylation is 1. The Hall–Kier alpha value is -1.40. The highest BCUT2D eigenvalue weighted by molar-refractivity contribution is 7.89. The third-order valence-electron chi connectivity index (χ3n) is 4.75. The highest BCUT2D eigenvalue weighted by atomic mass is 32.2. The number of hydrogen-bond acceptors (Lipinski definition) is 4. The van der Waals surface area contributed by atoms with Crippen LogP contribution in [-0.2, 0) is 14.8 Å². The molecule has 0 atom stereocenters. The van der Waals surface area contributed by atoms with Crippen molar-refractivity contribution in [3.63, 3.8) is 0 Å². The SMILES string of the molecule is COc1cc(C)c(S(=O)(=O)NC2CCC(C=O)CC2)c(C)c1C. The van der Waals surface area contributed by atoms with Gasteiger partial charge in [-0.1, -0.05) is 0 Å². The van der Waals surface area contributed by atoms with Gasteiger partial charge in [0.2, 0.25) is 10.0 Å². The van der Waals surface area contributed by atoms with E-state index in [9.17, 15) is 13.2 Å². The first kappa shape index (κ1) is 17.9. The lowest BCUT2D eigenvalue weighted by Gasteiger charge is -2.27. The fourth-order valence-electron chi connectivity index (χ4n) is 3.30. The third kappa shape index (κ3) is 3.75. The summed E-state index contributed by atoms with van der Waals surface area (Å²) in [6.07, 6.45) is 3.88. The van der Waals surface area contributed by atoms with Crippen LogP contribution in [0, 0.1) is 26.7 Å². The molecule has 1 fully saturated rings. The molecule has 0 spiro atoms. The second-order valence-electron chi connectivity index (χ2n) is 6.34. The van der Waals surface area contributed by atoms with Gasteiger partial charge in [-0.25, -0.2) is 13.1 Å².